The van der Waals surface area contributed by atoms with Crippen molar-refractivity contribution < 1.29 is 17.9 Å². The van der Waals surface area contributed by atoms with E-state index in [2.05, 4.69) is 10.3 Å². The molecule has 6 nitrogen and oxygen atoms in total. The first-order chi connectivity index (χ1) is 11.8. The third-order valence-electron chi connectivity index (χ3n) is 4.63. The molecule has 0 atom stereocenters. The molecule has 2 aromatic rings. The predicted octanol–water partition coefficient (Wildman–Crippen LogP) is 2.85. The molecule has 3 rings (SSSR count). The van der Waals surface area contributed by atoms with Crippen LogP contribution in [0.5, 0.6) is 0 Å². The summed E-state index contributed by atoms with van der Waals surface area (Å²) in [4.78, 5) is 17.0. The van der Waals surface area contributed by atoms with Gasteiger partial charge in [-0.1, -0.05) is 23.5 Å². The summed E-state index contributed by atoms with van der Waals surface area (Å²) in [6.07, 6.45) is 1.43. The van der Waals surface area contributed by atoms with Gasteiger partial charge >= 0.3 is 0 Å². The molecule has 1 aliphatic heterocycles. The molecule has 1 amide bonds. The van der Waals surface area contributed by atoms with E-state index in [9.17, 15) is 13.2 Å². The van der Waals surface area contributed by atoms with Gasteiger partial charge in [0.25, 0.3) is 0 Å². The van der Waals surface area contributed by atoms with Crippen molar-refractivity contribution in [3.8, 4) is 0 Å². The van der Waals surface area contributed by atoms with E-state index in [4.69, 9.17) is 4.74 Å². The third kappa shape index (κ3) is 3.86. The zero-order valence-corrected chi connectivity index (χ0v) is 16.0. The lowest BCUT2D eigenvalue weighted by atomic mass is 10.0. The average molecular weight is 383 g/mol. The molecule has 0 spiro atoms. The second kappa shape index (κ2) is 7.01. The maximum absolute atomic E-state index is 12.8. The van der Waals surface area contributed by atoms with Gasteiger partial charge in [-0.15, -0.1) is 0 Å². The Morgan fingerprint density at radius 1 is 1.32 bits per heavy atom. The molecule has 2 heterocycles. The Balaban J connectivity index is 1.74. The number of carbonyl (C=O) groups excluding carboxylic acids is 1. The van der Waals surface area contributed by atoms with Crippen molar-refractivity contribution >= 4 is 42.4 Å². The van der Waals surface area contributed by atoms with Crippen LogP contribution in [0, 0.1) is 5.92 Å². The summed E-state index contributed by atoms with van der Waals surface area (Å²) < 4.78 is 30.3. The van der Waals surface area contributed by atoms with Crippen molar-refractivity contribution in [3.05, 3.63) is 24.3 Å². The molecule has 1 aromatic carbocycles. The number of ether oxygens (including phenoxy) is 1. The van der Waals surface area contributed by atoms with Gasteiger partial charge in [0, 0.05) is 13.2 Å². The smallest absolute Gasteiger partial charge is 0.247 e. The third-order valence-corrected chi connectivity index (χ3v) is 8.24. The summed E-state index contributed by atoms with van der Waals surface area (Å²) in [6, 6.07) is 7.54. The minimum atomic E-state index is -3.60. The van der Waals surface area contributed by atoms with E-state index in [0.29, 0.717) is 18.3 Å². The molecule has 8 heteroatoms. The molecule has 1 fully saturated rings. The number of sulfone groups is 1. The van der Waals surface area contributed by atoms with Gasteiger partial charge in [0.1, 0.15) is 4.75 Å². The van der Waals surface area contributed by atoms with Crippen LogP contribution in [0.25, 0.3) is 10.2 Å². The van der Waals surface area contributed by atoms with E-state index >= 15 is 0 Å². The maximum Gasteiger partial charge on any atom is 0.247 e. The highest BCUT2D eigenvalue weighted by atomic mass is 32.2. The molecule has 1 saturated heterocycles. The van der Waals surface area contributed by atoms with Gasteiger partial charge in [0.05, 0.1) is 16.0 Å². The molecule has 25 heavy (non-hydrogen) atoms. The molecular formula is C17H22N2O4S2. The number of rotatable bonds is 5. The highest BCUT2D eigenvalue weighted by Crippen LogP contribution is 2.29. The van der Waals surface area contributed by atoms with Crippen molar-refractivity contribution in [3.63, 3.8) is 0 Å². The normalized spacial score (nSPS) is 16.9. The molecule has 0 radical (unpaired) electrons. The fraction of sp³-hybridized carbons (Fsp3) is 0.529. The van der Waals surface area contributed by atoms with E-state index in [0.717, 1.165) is 23.1 Å². The van der Waals surface area contributed by atoms with Gasteiger partial charge in [-0.3, -0.25) is 4.79 Å². The molecule has 1 aliphatic rings. The van der Waals surface area contributed by atoms with E-state index in [1.165, 1.54) is 25.2 Å². The molecule has 1 N–H and O–H groups in total. The first-order valence-electron chi connectivity index (χ1n) is 8.27. The summed E-state index contributed by atoms with van der Waals surface area (Å²) in [5, 5.41) is 3.10. The van der Waals surface area contributed by atoms with Crippen LogP contribution in [0.2, 0.25) is 0 Å². The minimum absolute atomic E-state index is 0.0105. The van der Waals surface area contributed by atoms with Crippen LogP contribution in [0.1, 0.15) is 26.7 Å². The summed E-state index contributed by atoms with van der Waals surface area (Å²) in [6.45, 7) is 4.09. The number of nitrogens with zero attached hydrogens (tertiary/aromatic N) is 1. The van der Waals surface area contributed by atoms with Crippen LogP contribution < -0.4 is 5.32 Å². The van der Waals surface area contributed by atoms with Crippen molar-refractivity contribution in [2.45, 2.75) is 31.4 Å². The van der Waals surface area contributed by atoms with Gasteiger partial charge in [-0.05, 0) is 44.7 Å². The zero-order chi connectivity index (χ0) is 18.1. The summed E-state index contributed by atoms with van der Waals surface area (Å²) in [5.74, 6) is -0.483. The topological polar surface area (TPSA) is 85.4 Å². The Labute approximate surface area is 151 Å². The predicted molar refractivity (Wildman–Crippen MR) is 99.7 cm³/mol. The van der Waals surface area contributed by atoms with Crippen LogP contribution in [0.4, 0.5) is 5.13 Å². The number of para-hydroxylation sites is 1. The zero-order valence-electron chi connectivity index (χ0n) is 14.3. The molecule has 0 bridgehead atoms. The lowest BCUT2D eigenvalue weighted by molar-refractivity contribution is -0.117. The number of amides is 1. The Hall–Kier alpha value is -1.51. The van der Waals surface area contributed by atoms with E-state index in [-0.39, 0.29) is 11.7 Å². The average Bonchev–Trinajstić information content (AvgIpc) is 2.97. The van der Waals surface area contributed by atoms with Gasteiger partial charge in [-0.25, -0.2) is 13.4 Å². The van der Waals surface area contributed by atoms with Gasteiger partial charge in [0.2, 0.25) is 5.91 Å². The molecular weight excluding hydrogens is 360 g/mol. The van der Waals surface area contributed by atoms with E-state index in [1.54, 1.807) is 0 Å². The van der Waals surface area contributed by atoms with Crippen LogP contribution in [0.15, 0.2) is 24.3 Å². The highest BCUT2D eigenvalue weighted by Gasteiger charge is 2.43. The Morgan fingerprint density at radius 3 is 2.68 bits per heavy atom. The number of hydrogen-bond donors (Lipinski definition) is 1. The molecule has 0 unspecified atom stereocenters. The fourth-order valence-electron chi connectivity index (χ4n) is 2.75. The Kier molecular flexibility index (Phi) is 5.13. The van der Waals surface area contributed by atoms with Crippen LogP contribution >= 0.6 is 11.3 Å². The number of carbonyl (C=O) groups is 1. The number of anilines is 1. The highest BCUT2D eigenvalue weighted by molar-refractivity contribution is 7.93. The number of hydrogen-bond acceptors (Lipinski definition) is 6. The largest absolute Gasteiger partial charge is 0.381 e. The van der Waals surface area contributed by atoms with Crippen LogP contribution in [0.3, 0.4) is 0 Å². The van der Waals surface area contributed by atoms with Gasteiger partial charge in [0.15, 0.2) is 15.0 Å². The monoisotopic (exact) mass is 382 g/mol. The van der Waals surface area contributed by atoms with E-state index < -0.39 is 20.5 Å². The lowest BCUT2D eigenvalue weighted by Gasteiger charge is -2.28. The second-order valence-corrected chi connectivity index (χ2v) is 10.4. The maximum atomic E-state index is 12.8. The quantitative estimate of drug-likeness (QED) is 0.859. The lowest BCUT2D eigenvalue weighted by Crippen LogP contribution is -2.47. The number of thiazole rings is 1. The first-order valence-corrected chi connectivity index (χ1v) is 10.7. The summed E-state index contributed by atoms with van der Waals surface area (Å²) in [7, 11) is -3.60. The molecule has 0 aliphatic carbocycles. The number of aromatic nitrogens is 1. The van der Waals surface area contributed by atoms with Gasteiger partial charge in [-0.2, -0.15) is 0 Å². The van der Waals surface area contributed by atoms with Crippen molar-refractivity contribution in [1.82, 2.24) is 4.98 Å². The standard InChI is InChI=1S/C17H22N2O4S2/c1-17(2,25(21,22)11-12-7-9-23-10-8-12)15(20)19-16-18-13-5-3-4-6-14(13)24-16/h3-6,12H,7-11H2,1-2H3,(H,18,19,20). The van der Waals surface area contributed by atoms with E-state index in [1.807, 2.05) is 24.3 Å². The number of nitrogens with one attached hydrogen (secondary N) is 1. The number of fused-ring (bicyclic) bond motifs is 1. The molecule has 1 aromatic heterocycles. The fourth-order valence-corrected chi connectivity index (χ4v) is 5.31. The van der Waals surface area contributed by atoms with Gasteiger partial charge < -0.3 is 10.1 Å². The second-order valence-electron chi connectivity index (χ2n) is 6.79. The van der Waals surface area contributed by atoms with Crippen molar-refractivity contribution in [2.24, 2.45) is 5.92 Å². The van der Waals surface area contributed by atoms with Crippen LogP contribution in [-0.2, 0) is 19.4 Å². The van der Waals surface area contributed by atoms with Crippen molar-refractivity contribution in [1.29, 1.82) is 0 Å². The summed E-state index contributed by atoms with van der Waals surface area (Å²) in [5.41, 5.74) is 0.783. The first kappa shape index (κ1) is 18.3. The Morgan fingerprint density at radius 2 is 2.00 bits per heavy atom. The molecule has 136 valence electrons. The van der Waals surface area contributed by atoms with Crippen LogP contribution in [-0.4, -0.2) is 43.0 Å². The minimum Gasteiger partial charge on any atom is -0.381 e. The number of benzene rings is 1. The SMILES string of the molecule is CC(C)(C(=O)Nc1nc2ccccc2s1)S(=O)(=O)CC1CCOCC1. The molecule has 0 saturated carbocycles. The Bertz CT molecular complexity index is 835. The summed E-state index contributed by atoms with van der Waals surface area (Å²) >= 11 is 1.33. The van der Waals surface area contributed by atoms with Crippen molar-refractivity contribution in [2.75, 3.05) is 24.3 Å².